The molecule has 0 saturated carbocycles. The second-order valence-corrected chi connectivity index (χ2v) is 4.65. The first-order chi connectivity index (χ1) is 8.02. The van der Waals surface area contributed by atoms with Gasteiger partial charge < -0.3 is 14.2 Å². The number of methoxy groups -OCH3 is 1. The van der Waals surface area contributed by atoms with Gasteiger partial charge in [-0.15, -0.1) is 0 Å². The molecule has 1 aliphatic rings. The van der Waals surface area contributed by atoms with Gasteiger partial charge in [-0.25, -0.2) is 4.79 Å². The lowest BCUT2D eigenvalue weighted by Crippen LogP contribution is -2.24. The molecule has 0 atom stereocenters. The van der Waals surface area contributed by atoms with Crippen LogP contribution >= 0.6 is 0 Å². The van der Waals surface area contributed by atoms with Gasteiger partial charge in [-0.3, -0.25) is 0 Å². The molecule has 4 nitrogen and oxygen atoms in total. The molecule has 1 aromatic rings. The van der Waals surface area contributed by atoms with Crippen LogP contribution in [0.5, 0.6) is 11.5 Å². The molecule has 0 radical (unpaired) electrons. The average Bonchev–Trinajstić information content (AvgIpc) is 2.60. The lowest BCUT2D eigenvalue weighted by Gasteiger charge is -2.18. The third-order valence-corrected chi connectivity index (χ3v) is 2.63. The molecule has 0 aliphatic carbocycles. The number of fused-ring (bicyclic) bond motifs is 1. The summed E-state index contributed by atoms with van der Waals surface area (Å²) < 4.78 is 15.7. The number of esters is 1. The van der Waals surface area contributed by atoms with Gasteiger partial charge in [0.1, 0.15) is 5.60 Å². The standard InChI is InChI=1S/C13H16O4/c1-13(2)7-9-5-4-6-10(12(9)17-13)16-8-11(14)15-3/h4-6H,7-8H2,1-3H3. The van der Waals surface area contributed by atoms with Gasteiger partial charge in [0.15, 0.2) is 18.1 Å². The zero-order chi connectivity index (χ0) is 12.5. The van der Waals surface area contributed by atoms with Crippen molar-refractivity contribution in [2.75, 3.05) is 13.7 Å². The Bertz CT molecular complexity index is 437. The maximum absolute atomic E-state index is 11.0. The fourth-order valence-electron chi connectivity index (χ4n) is 1.90. The third kappa shape index (κ3) is 2.52. The predicted octanol–water partition coefficient (Wildman–Crippen LogP) is 1.95. The quantitative estimate of drug-likeness (QED) is 0.752. The van der Waals surface area contributed by atoms with Crippen LogP contribution in [0.4, 0.5) is 0 Å². The molecule has 4 heteroatoms. The summed E-state index contributed by atoms with van der Waals surface area (Å²) in [7, 11) is 1.33. The van der Waals surface area contributed by atoms with Crippen LogP contribution < -0.4 is 9.47 Å². The summed E-state index contributed by atoms with van der Waals surface area (Å²) in [6.45, 7) is 3.95. The first-order valence-electron chi connectivity index (χ1n) is 5.52. The van der Waals surface area contributed by atoms with Gasteiger partial charge in [0.25, 0.3) is 0 Å². The zero-order valence-electron chi connectivity index (χ0n) is 10.3. The van der Waals surface area contributed by atoms with E-state index in [0.29, 0.717) is 5.75 Å². The molecule has 0 aromatic heterocycles. The van der Waals surface area contributed by atoms with Crippen LogP contribution in [0.25, 0.3) is 0 Å². The highest BCUT2D eigenvalue weighted by Gasteiger charge is 2.32. The molecule has 0 fully saturated rings. The number of carbonyl (C=O) groups is 1. The monoisotopic (exact) mass is 236 g/mol. The van der Waals surface area contributed by atoms with E-state index in [1.807, 2.05) is 26.0 Å². The zero-order valence-corrected chi connectivity index (χ0v) is 10.3. The molecule has 92 valence electrons. The van der Waals surface area contributed by atoms with Crippen LogP contribution in [-0.2, 0) is 16.0 Å². The summed E-state index contributed by atoms with van der Waals surface area (Å²) in [5.74, 6) is 0.930. The predicted molar refractivity (Wildman–Crippen MR) is 62.4 cm³/mol. The van der Waals surface area contributed by atoms with Crippen molar-refractivity contribution in [2.24, 2.45) is 0 Å². The van der Waals surface area contributed by atoms with Gasteiger partial charge in [0, 0.05) is 12.0 Å². The van der Waals surface area contributed by atoms with Crippen molar-refractivity contribution in [3.8, 4) is 11.5 Å². The van der Waals surface area contributed by atoms with Gasteiger partial charge in [0.2, 0.25) is 0 Å². The van der Waals surface area contributed by atoms with E-state index >= 15 is 0 Å². The summed E-state index contributed by atoms with van der Waals surface area (Å²) in [5, 5.41) is 0. The summed E-state index contributed by atoms with van der Waals surface area (Å²) in [6, 6.07) is 5.70. The van der Waals surface area contributed by atoms with Gasteiger partial charge in [-0.2, -0.15) is 0 Å². The van der Waals surface area contributed by atoms with E-state index in [2.05, 4.69) is 4.74 Å². The van der Waals surface area contributed by atoms with E-state index in [1.54, 1.807) is 6.07 Å². The SMILES string of the molecule is COC(=O)COc1cccc2c1OC(C)(C)C2. The Morgan fingerprint density at radius 1 is 1.47 bits per heavy atom. The summed E-state index contributed by atoms with van der Waals surface area (Å²) in [4.78, 5) is 11.0. The lowest BCUT2D eigenvalue weighted by atomic mass is 10.0. The minimum Gasteiger partial charge on any atom is -0.483 e. The first kappa shape index (κ1) is 11.8. The minimum atomic E-state index is -0.403. The largest absolute Gasteiger partial charge is 0.483 e. The molecule has 1 heterocycles. The molecular formula is C13H16O4. The molecule has 1 aliphatic heterocycles. The van der Waals surface area contributed by atoms with Crippen molar-refractivity contribution in [3.05, 3.63) is 23.8 Å². The molecule has 0 N–H and O–H groups in total. The van der Waals surface area contributed by atoms with Crippen LogP contribution in [0.15, 0.2) is 18.2 Å². The molecule has 2 rings (SSSR count). The van der Waals surface area contributed by atoms with E-state index < -0.39 is 5.97 Å². The average molecular weight is 236 g/mol. The molecule has 0 saturated heterocycles. The number of hydrogen-bond donors (Lipinski definition) is 0. The lowest BCUT2D eigenvalue weighted by molar-refractivity contribution is -0.142. The number of para-hydroxylation sites is 1. The Morgan fingerprint density at radius 2 is 2.24 bits per heavy atom. The molecule has 0 bridgehead atoms. The molecule has 17 heavy (non-hydrogen) atoms. The molecule has 1 aromatic carbocycles. The summed E-state index contributed by atoms with van der Waals surface area (Å²) in [5.41, 5.74) is 0.893. The Hall–Kier alpha value is -1.71. The smallest absolute Gasteiger partial charge is 0.343 e. The second kappa shape index (κ2) is 4.28. The van der Waals surface area contributed by atoms with Gasteiger partial charge in [0.05, 0.1) is 7.11 Å². The summed E-state index contributed by atoms with van der Waals surface area (Å²) >= 11 is 0. The van der Waals surface area contributed by atoms with Crippen molar-refractivity contribution in [3.63, 3.8) is 0 Å². The maximum atomic E-state index is 11.0. The van der Waals surface area contributed by atoms with E-state index in [1.165, 1.54) is 7.11 Å². The Balaban J connectivity index is 2.16. The number of hydrogen-bond acceptors (Lipinski definition) is 4. The number of benzene rings is 1. The van der Waals surface area contributed by atoms with Crippen LogP contribution in [0.3, 0.4) is 0 Å². The molecule has 0 spiro atoms. The molecule has 0 amide bonds. The van der Waals surface area contributed by atoms with Crippen LogP contribution in [-0.4, -0.2) is 25.3 Å². The van der Waals surface area contributed by atoms with Crippen molar-refractivity contribution in [1.82, 2.24) is 0 Å². The highest BCUT2D eigenvalue weighted by atomic mass is 16.6. The number of carbonyl (C=O) groups excluding carboxylic acids is 1. The van der Waals surface area contributed by atoms with Crippen LogP contribution in [0.2, 0.25) is 0 Å². The normalized spacial score (nSPS) is 15.9. The second-order valence-electron chi connectivity index (χ2n) is 4.65. The van der Waals surface area contributed by atoms with Crippen molar-refractivity contribution in [2.45, 2.75) is 25.9 Å². The van der Waals surface area contributed by atoms with Crippen LogP contribution in [0.1, 0.15) is 19.4 Å². The third-order valence-electron chi connectivity index (χ3n) is 2.63. The van der Waals surface area contributed by atoms with E-state index in [0.717, 1.165) is 17.7 Å². The molecular weight excluding hydrogens is 220 g/mol. The van der Waals surface area contributed by atoms with Gasteiger partial charge in [-0.05, 0) is 19.9 Å². The van der Waals surface area contributed by atoms with Crippen molar-refractivity contribution in [1.29, 1.82) is 0 Å². The van der Waals surface area contributed by atoms with Gasteiger partial charge in [-0.1, -0.05) is 12.1 Å². The van der Waals surface area contributed by atoms with E-state index in [-0.39, 0.29) is 12.2 Å². The minimum absolute atomic E-state index is 0.100. The number of ether oxygens (including phenoxy) is 3. The Labute approximate surface area is 100 Å². The fraction of sp³-hybridized carbons (Fsp3) is 0.462. The van der Waals surface area contributed by atoms with Crippen molar-refractivity contribution >= 4 is 5.97 Å². The molecule has 0 unspecified atom stereocenters. The van der Waals surface area contributed by atoms with E-state index in [9.17, 15) is 4.79 Å². The Kier molecular flexibility index (Phi) is 2.96. The highest BCUT2D eigenvalue weighted by Crippen LogP contribution is 2.41. The first-order valence-corrected chi connectivity index (χ1v) is 5.52. The summed E-state index contributed by atoms with van der Waals surface area (Å²) in [6.07, 6.45) is 0.845. The fourth-order valence-corrected chi connectivity index (χ4v) is 1.90. The number of rotatable bonds is 3. The van der Waals surface area contributed by atoms with Crippen molar-refractivity contribution < 1.29 is 19.0 Å². The van der Waals surface area contributed by atoms with E-state index in [4.69, 9.17) is 9.47 Å². The van der Waals surface area contributed by atoms with Gasteiger partial charge >= 0.3 is 5.97 Å². The Morgan fingerprint density at radius 3 is 2.94 bits per heavy atom. The topological polar surface area (TPSA) is 44.8 Å². The van der Waals surface area contributed by atoms with Crippen LogP contribution in [0, 0.1) is 0 Å². The maximum Gasteiger partial charge on any atom is 0.343 e. The highest BCUT2D eigenvalue weighted by molar-refractivity contribution is 5.71.